The average Bonchev–Trinajstić information content (AvgIpc) is 3.11. The minimum Gasteiger partial charge on any atom is -0.508 e. The fourth-order valence-corrected chi connectivity index (χ4v) is 6.58. The molecule has 6 nitrogen and oxygen atoms in total. The summed E-state index contributed by atoms with van der Waals surface area (Å²) in [6, 6.07) is 1.49. The Hall–Kier alpha value is -2.34. The number of ether oxygens (including phenoxy) is 2. The zero-order valence-electron chi connectivity index (χ0n) is 18.8. The van der Waals surface area contributed by atoms with E-state index in [1.165, 1.54) is 13.0 Å². The Kier molecular flexibility index (Phi) is 5.00. The molecule has 0 amide bonds. The number of aromatic hydroxyl groups is 1. The van der Waals surface area contributed by atoms with Gasteiger partial charge in [0.15, 0.2) is 6.29 Å². The third-order valence-electron chi connectivity index (χ3n) is 8.43. The van der Waals surface area contributed by atoms with Crippen LogP contribution in [0.3, 0.4) is 0 Å². The minimum atomic E-state index is -0.759. The summed E-state index contributed by atoms with van der Waals surface area (Å²) in [6.07, 6.45) is 3.88. The van der Waals surface area contributed by atoms with Crippen molar-refractivity contribution in [3.05, 3.63) is 34.9 Å². The predicted molar refractivity (Wildman–Crippen MR) is 115 cm³/mol. The van der Waals surface area contributed by atoms with Gasteiger partial charge >= 0.3 is 5.97 Å². The van der Waals surface area contributed by atoms with Crippen molar-refractivity contribution in [2.45, 2.75) is 78.1 Å². The molecule has 1 aliphatic heterocycles. The molecule has 0 radical (unpaired) electrons. The first-order chi connectivity index (χ1) is 14.5. The molecule has 31 heavy (non-hydrogen) atoms. The van der Waals surface area contributed by atoms with Crippen molar-refractivity contribution >= 4 is 12.3 Å². The lowest BCUT2D eigenvalue weighted by molar-refractivity contribution is -0.170. The number of phenolic OH excluding ortho intramolecular Hbond substituents is 1. The Bertz CT molecular complexity index is 963. The zero-order valence-corrected chi connectivity index (χ0v) is 18.8. The van der Waals surface area contributed by atoms with Gasteiger partial charge < -0.3 is 19.7 Å². The summed E-state index contributed by atoms with van der Waals surface area (Å²) in [6.45, 7) is 12.0. The lowest BCUT2D eigenvalue weighted by Gasteiger charge is -2.62. The SMILES string of the molecule is C=C1CCC2C(C)(C)C(O)CCC2(C)C12Cc1c(O)cc(COC(C)=O)c(C=O)c1O2. The lowest BCUT2D eigenvalue weighted by Crippen LogP contribution is -2.64. The standard InChI is InChI=1S/C25H32O6/c1-14-6-7-20-23(3,4)21(29)8-9-24(20,5)25(14)11-17-19(28)10-16(13-30-15(2)27)18(12-26)22(17)31-25/h10,12,20-21,28-29H,1,6-9,11,13H2,2-5H3. The molecule has 1 spiro atoms. The van der Waals surface area contributed by atoms with E-state index in [0.29, 0.717) is 41.6 Å². The number of aliphatic hydroxyl groups is 1. The molecular weight excluding hydrogens is 396 g/mol. The molecule has 2 fully saturated rings. The summed E-state index contributed by atoms with van der Waals surface area (Å²) < 4.78 is 11.8. The first kappa shape index (κ1) is 21.9. The summed E-state index contributed by atoms with van der Waals surface area (Å²) in [4.78, 5) is 23.3. The largest absolute Gasteiger partial charge is 0.508 e. The van der Waals surface area contributed by atoms with Crippen LogP contribution in [0, 0.1) is 16.7 Å². The number of aldehydes is 1. The second kappa shape index (κ2) is 7.09. The third-order valence-corrected chi connectivity index (χ3v) is 8.43. The van der Waals surface area contributed by atoms with Crippen LogP contribution in [0.15, 0.2) is 18.2 Å². The number of aliphatic hydroxyl groups excluding tert-OH is 1. The highest BCUT2D eigenvalue weighted by Gasteiger charge is 2.66. The van der Waals surface area contributed by atoms with E-state index in [4.69, 9.17) is 9.47 Å². The molecular formula is C25H32O6. The van der Waals surface area contributed by atoms with E-state index in [1.54, 1.807) is 0 Å². The minimum absolute atomic E-state index is 0.0354. The molecule has 4 rings (SSSR count). The Morgan fingerprint density at radius 1 is 1.35 bits per heavy atom. The van der Waals surface area contributed by atoms with E-state index in [1.807, 2.05) is 0 Å². The van der Waals surface area contributed by atoms with Gasteiger partial charge in [0.25, 0.3) is 0 Å². The van der Waals surface area contributed by atoms with E-state index < -0.39 is 11.6 Å². The molecule has 0 aromatic heterocycles. The monoisotopic (exact) mass is 428 g/mol. The van der Waals surface area contributed by atoms with Crippen LogP contribution in [0.2, 0.25) is 0 Å². The Labute approximate surface area is 183 Å². The first-order valence-electron chi connectivity index (χ1n) is 11.0. The van der Waals surface area contributed by atoms with Crippen LogP contribution in [0.1, 0.15) is 74.9 Å². The van der Waals surface area contributed by atoms with Gasteiger partial charge in [-0.25, -0.2) is 0 Å². The summed E-state index contributed by atoms with van der Waals surface area (Å²) in [5.74, 6) is 0.136. The number of esters is 1. The van der Waals surface area contributed by atoms with Crippen LogP contribution in [-0.4, -0.2) is 34.2 Å². The number of carbonyl (C=O) groups is 2. The number of hydrogen-bond donors (Lipinski definition) is 2. The van der Waals surface area contributed by atoms with Crippen LogP contribution in [-0.2, 0) is 22.6 Å². The average molecular weight is 429 g/mol. The number of carbonyl (C=O) groups excluding carboxylic acids is 2. The molecule has 0 bridgehead atoms. The van der Waals surface area contributed by atoms with Gasteiger partial charge in [0, 0.05) is 29.9 Å². The maximum atomic E-state index is 12.0. The van der Waals surface area contributed by atoms with Crippen LogP contribution in [0.5, 0.6) is 11.5 Å². The Balaban J connectivity index is 1.82. The van der Waals surface area contributed by atoms with Crippen molar-refractivity contribution in [1.82, 2.24) is 0 Å². The van der Waals surface area contributed by atoms with Crippen molar-refractivity contribution in [2.75, 3.05) is 0 Å². The highest BCUT2D eigenvalue weighted by Crippen LogP contribution is 2.66. The van der Waals surface area contributed by atoms with Crippen LogP contribution < -0.4 is 4.74 Å². The second-order valence-corrected chi connectivity index (χ2v) is 10.3. The number of fused-ring (bicyclic) bond motifs is 3. The molecule has 3 aliphatic rings. The maximum absolute atomic E-state index is 12.0. The molecule has 4 unspecified atom stereocenters. The van der Waals surface area contributed by atoms with Crippen molar-refractivity contribution in [1.29, 1.82) is 0 Å². The van der Waals surface area contributed by atoms with Gasteiger partial charge in [0.1, 0.15) is 23.7 Å². The van der Waals surface area contributed by atoms with Crippen LogP contribution >= 0.6 is 0 Å². The van der Waals surface area contributed by atoms with Gasteiger partial charge in [-0.05, 0) is 48.7 Å². The van der Waals surface area contributed by atoms with E-state index in [2.05, 4.69) is 27.4 Å². The molecule has 1 heterocycles. The number of rotatable bonds is 3. The lowest BCUT2D eigenvalue weighted by atomic mass is 9.45. The summed E-state index contributed by atoms with van der Waals surface area (Å²) in [7, 11) is 0. The van der Waals surface area contributed by atoms with E-state index in [-0.39, 0.29) is 35.2 Å². The molecule has 2 N–H and O–H groups in total. The van der Waals surface area contributed by atoms with E-state index >= 15 is 0 Å². The van der Waals surface area contributed by atoms with E-state index in [9.17, 15) is 19.8 Å². The first-order valence-corrected chi connectivity index (χ1v) is 11.0. The van der Waals surface area contributed by atoms with Gasteiger partial charge in [0.05, 0.1) is 11.7 Å². The van der Waals surface area contributed by atoms with Crippen LogP contribution in [0.25, 0.3) is 0 Å². The molecule has 6 heteroatoms. The molecule has 1 aromatic rings. The Morgan fingerprint density at radius 3 is 2.71 bits per heavy atom. The van der Waals surface area contributed by atoms with Gasteiger partial charge in [-0.1, -0.05) is 27.4 Å². The zero-order chi connectivity index (χ0) is 22.8. The molecule has 168 valence electrons. The quantitative estimate of drug-likeness (QED) is 0.428. The van der Waals surface area contributed by atoms with Crippen LogP contribution in [0.4, 0.5) is 0 Å². The topological polar surface area (TPSA) is 93.1 Å². The van der Waals surface area contributed by atoms with Crippen molar-refractivity contribution in [2.24, 2.45) is 16.7 Å². The van der Waals surface area contributed by atoms with Crippen molar-refractivity contribution in [3.8, 4) is 11.5 Å². The summed E-state index contributed by atoms with van der Waals surface area (Å²) in [5.41, 5.74) is 0.931. The van der Waals surface area contributed by atoms with Gasteiger partial charge in [-0.15, -0.1) is 0 Å². The molecule has 0 saturated heterocycles. The van der Waals surface area contributed by atoms with Crippen molar-refractivity contribution < 1.29 is 29.3 Å². The number of benzene rings is 1. The van der Waals surface area contributed by atoms with Gasteiger partial charge in [-0.2, -0.15) is 0 Å². The highest BCUT2D eigenvalue weighted by atomic mass is 16.5. The third kappa shape index (κ3) is 2.94. The number of hydrogen-bond acceptors (Lipinski definition) is 6. The Morgan fingerprint density at radius 2 is 2.06 bits per heavy atom. The van der Waals surface area contributed by atoms with E-state index in [0.717, 1.165) is 24.8 Å². The predicted octanol–water partition coefficient (Wildman–Crippen LogP) is 4.09. The van der Waals surface area contributed by atoms with Gasteiger partial charge in [0.2, 0.25) is 0 Å². The fourth-order valence-electron chi connectivity index (χ4n) is 6.58. The summed E-state index contributed by atoms with van der Waals surface area (Å²) in [5, 5.41) is 21.6. The molecule has 2 aliphatic carbocycles. The summed E-state index contributed by atoms with van der Waals surface area (Å²) >= 11 is 0. The van der Waals surface area contributed by atoms with Crippen molar-refractivity contribution in [3.63, 3.8) is 0 Å². The fraction of sp³-hybridized carbons (Fsp3) is 0.600. The smallest absolute Gasteiger partial charge is 0.302 e. The number of phenols is 1. The van der Waals surface area contributed by atoms with Gasteiger partial charge in [-0.3, -0.25) is 9.59 Å². The molecule has 1 aromatic carbocycles. The highest BCUT2D eigenvalue weighted by molar-refractivity contribution is 5.85. The normalized spacial score (nSPS) is 33.4. The maximum Gasteiger partial charge on any atom is 0.302 e. The molecule has 2 saturated carbocycles. The second-order valence-electron chi connectivity index (χ2n) is 10.3. The molecule has 4 atom stereocenters.